The second-order valence-electron chi connectivity index (χ2n) is 4.24. The van der Waals surface area contributed by atoms with Crippen molar-refractivity contribution in [1.82, 2.24) is 0 Å². The molecule has 1 aromatic carbocycles. The minimum Gasteiger partial charge on any atom is -0.488 e. The molecular weight excluding hydrogens is 223 g/mol. The van der Waals surface area contributed by atoms with E-state index in [1.165, 1.54) is 12.1 Å². The van der Waals surface area contributed by atoms with Crippen LogP contribution in [0.3, 0.4) is 0 Å². The van der Waals surface area contributed by atoms with E-state index in [0.29, 0.717) is 18.4 Å². The summed E-state index contributed by atoms with van der Waals surface area (Å²) >= 11 is 0. The summed E-state index contributed by atoms with van der Waals surface area (Å²) in [7, 11) is 0. The van der Waals surface area contributed by atoms with Gasteiger partial charge in [0.2, 0.25) is 0 Å². The fraction of sp³-hybridized carbons (Fsp3) is 0.538. The molecule has 4 heteroatoms. The molecule has 1 atom stereocenters. The monoisotopic (exact) mass is 242 g/mol. The van der Waals surface area contributed by atoms with E-state index in [1.54, 1.807) is 6.07 Å². The lowest BCUT2D eigenvalue weighted by molar-refractivity contribution is 0.151. The van der Waals surface area contributed by atoms with Crippen LogP contribution in [0.1, 0.15) is 38.4 Å². The van der Waals surface area contributed by atoms with Crippen molar-refractivity contribution in [2.75, 3.05) is 6.61 Å². The number of hydrogen-bond donors (Lipinski definition) is 2. The lowest BCUT2D eigenvalue weighted by Gasteiger charge is -2.14. The summed E-state index contributed by atoms with van der Waals surface area (Å²) in [6, 6.07) is 4.44. The third kappa shape index (κ3) is 4.32. The van der Waals surface area contributed by atoms with Crippen molar-refractivity contribution in [3.63, 3.8) is 0 Å². The van der Waals surface area contributed by atoms with Crippen LogP contribution in [-0.4, -0.2) is 22.9 Å². The molecule has 0 aliphatic heterocycles. The van der Waals surface area contributed by atoms with Gasteiger partial charge in [0.25, 0.3) is 0 Å². The molecule has 17 heavy (non-hydrogen) atoms. The highest BCUT2D eigenvalue weighted by Crippen LogP contribution is 2.25. The maximum atomic E-state index is 13.6. The number of rotatable bonds is 6. The quantitative estimate of drug-likeness (QED) is 0.805. The molecule has 0 aliphatic carbocycles. The van der Waals surface area contributed by atoms with Gasteiger partial charge in [-0.3, -0.25) is 0 Å². The Bertz CT molecular complexity index is 353. The fourth-order valence-electron chi connectivity index (χ4n) is 1.53. The molecule has 96 valence electrons. The minimum absolute atomic E-state index is 0.0219. The van der Waals surface area contributed by atoms with Gasteiger partial charge in [-0.25, -0.2) is 4.39 Å². The highest BCUT2D eigenvalue weighted by Gasteiger charge is 2.11. The molecule has 3 nitrogen and oxygen atoms in total. The van der Waals surface area contributed by atoms with Gasteiger partial charge in [0, 0.05) is 6.61 Å². The van der Waals surface area contributed by atoms with Gasteiger partial charge in [-0.2, -0.15) is 0 Å². The van der Waals surface area contributed by atoms with E-state index in [9.17, 15) is 9.50 Å². The van der Waals surface area contributed by atoms with Gasteiger partial charge in [-0.15, -0.1) is 0 Å². The zero-order chi connectivity index (χ0) is 12.8. The summed E-state index contributed by atoms with van der Waals surface area (Å²) in [6.07, 6.45) is 0.0762. The second-order valence-corrected chi connectivity index (χ2v) is 4.24. The number of aliphatic hydroxyl groups is 2. The Balaban J connectivity index is 2.73. The number of ether oxygens (including phenoxy) is 1. The van der Waals surface area contributed by atoms with Gasteiger partial charge < -0.3 is 14.9 Å². The Labute approximate surface area is 101 Å². The molecule has 0 radical (unpaired) electrons. The van der Waals surface area contributed by atoms with Crippen molar-refractivity contribution in [3.8, 4) is 5.75 Å². The summed E-state index contributed by atoms with van der Waals surface area (Å²) in [4.78, 5) is 0. The van der Waals surface area contributed by atoms with Crippen LogP contribution in [0.4, 0.5) is 4.39 Å². The van der Waals surface area contributed by atoms with Gasteiger partial charge >= 0.3 is 0 Å². The van der Waals surface area contributed by atoms with Gasteiger partial charge in [-0.1, -0.05) is 6.07 Å². The number of benzene rings is 1. The van der Waals surface area contributed by atoms with Crippen molar-refractivity contribution < 1.29 is 19.3 Å². The molecule has 0 fully saturated rings. The summed E-state index contributed by atoms with van der Waals surface area (Å²) in [5.41, 5.74) is 0.507. The predicted molar refractivity (Wildman–Crippen MR) is 63.4 cm³/mol. The fourth-order valence-corrected chi connectivity index (χ4v) is 1.53. The molecule has 1 unspecified atom stereocenters. The first-order valence-corrected chi connectivity index (χ1v) is 5.79. The molecule has 1 aromatic rings. The molecule has 0 saturated carbocycles. The Kier molecular flexibility index (Phi) is 5.38. The molecule has 2 N–H and O–H groups in total. The first-order valence-electron chi connectivity index (χ1n) is 5.79. The van der Waals surface area contributed by atoms with Crippen molar-refractivity contribution in [2.24, 2.45) is 0 Å². The van der Waals surface area contributed by atoms with Crippen molar-refractivity contribution in [2.45, 2.75) is 38.9 Å². The zero-order valence-electron chi connectivity index (χ0n) is 10.2. The summed E-state index contributed by atoms with van der Waals surface area (Å²) in [6.45, 7) is 3.67. The van der Waals surface area contributed by atoms with Crippen molar-refractivity contribution >= 4 is 0 Å². The van der Waals surface area contributed by atoms with E-state index < -0.39 is 11.9 Å². The van der Waals surface area contributed by atoms with Crippen LogP contribution in [0.25, 0.3) is 0 Å². The zero-order valence-corrected chi connectivity index (χ0v) is 10.2. The largest absolute Gasteiger partial charge is 0.488 e. The van der Waals surface area contributed by atoms with Gasteiger partial charge in [0.1, 0.15) is 0 Å². The molecule has 0 heterocycles. The van der Waals surface area contributed by atoms with E-state index in [4.69, 9.17) is 9.84 Å². The Morgan fingerprint density at radius 2 is 2.06 bits per heavy atom. The molecule has 1 rings (SSSR count). The summed E-state index contributed by atoms with van der Waals surface area (Å²) < 4.78 is 18.9. The predicted octanol–water partition coefficient (Wildman–Crippen LogP) is 2.42. The molecular formula is C13H19FO3. The molecule has 0 spiro atoms. The van der Waals surface area contributed by atoms with Crippen LogP contribution >= 0.6 is 0 Å². The van der Waals surface area contributed by atoms with Crippen LogP contribution in [0, 0.1) is 5.82 Å². The van der Waals surface area contributed by atoms with Crippen LogP contribution in [0.15, 0.2) is 18.2 Å². The summed E-state index contributed by atoms with van der Waals surface area (Å²) in [5, 5.41) is 18.4. The second kappa shape index (κ2) is 6.57. The van der Waals surface area contributed by atoms with Gasteiger partial charge in [0.15, 0.2) is 11.6 Å². The lowest BCUT2D eigenvalue weighted by atomic mass is 10.0. The average Bonchev–Trinajstić information content (AvgIpc) is 2.28. The third-order valence-electron chi connectivity index (χ3n) is 2.34. The average molecular weight is 242 g/mol. The Morgan fingerprint density at radius 1 is 1.35 bits per heavy atom. The van der Waals surface area contributed by atoms with E-state index in [-0.39, 0.29) is 18.5 Å². The molecule has 0 saturated heterocycles. The van der Waals surface area contributed by atoms with E-state index in [2.05, 4.69) is 0 Å². The Hall–Kier alpha value is -1.13. The summed E-state index contributed by atoms with van der Waals surface area (Å²) in [5.74, 6) is -0.280. The molecule has 0 bridgehead atoms. The Morgan fingerprint density at radius 3 is 2.59 bits per heavy atom. The van der Waals surface area contributed by atoms with Crippen LogP contribution < -0.4 is 4.74 Å². The first-order chi connectivity index (χ1) is 8.04. The highest BCUT2D eigenvalue weighted by molar-refractivity contribution is 5.30. The molecule has 0 aliphatic rings. The number of hydrogen-bond acceptors (Lipinski definition) is 3. The van der Waals surface area contributed by atoms with Crippen molar-refractivity contribution in [3.05, 3.63) is 29.6 Å². The lowest BCUT2D eigenvalue weighted by Crippen LogP contribution is -2.07. The van der Waals surface area contributed by atoms with Crippen LogP contribution in [0.2, 0.25) is 0 Å². The smallest absolute Gasteiger partial charge is 0.165 e. The first kappa shape index (κ1) is 13.9. The maximum absolute atomic E-state index is 13.6. The van der Waals surface area contributed by atoms with Crippen molar-refractivity contribution in [1.29, 1.82) is 0 Å². The number of halogens is 1. The minimum atomic E-state index is -0.746. The van der Waals surface area contributed by atoms with Crippen LogP contribution in [0.5, 0.6) is 5.75 Å². The topological polar surface area (TPSA) is 49.7 Å². The molecule has 0 amide bonds. The van der Waals surface area contributed by atoms with Gasteiger partial charge in [-0.05, 0) is 44.4 Å². The normalized spacial score (nSPS) is 12.8. The van der Waals surface area contributed by atoms with Gasteiger partial charge in [0.05, 0.1) is 12.2 Å². The number of aliphatic hydroxyl groups excluding tert-OH is 2. The van der Waals surface area contributed by atoms with E-state index >= 15 is 0 Å². The van der Waals surface area contributed by atoms with E-state index in [1.807, 2.05) is 13.8 Å². The molecule has 0 aromatic heterocycles. The highest BCUT2D eigenvalue weighted by atomic mass is 19.1. The van der Waals surface area contributed by atoms with Crippen LogP contribution in [-0.2, 0) is 0 Å². The maximum Gasteiger partial charge on any atom is 0.165 e. The third-order valence-corrected chi connectivity index (χ3v) is 2.34. The SMILES string of the molecule is CC(C)Oc1ccc(C(O)CCCO)cc1F. The standard InChI is InChI=1S/C13H19FO3/c1-9(2)17-13-6-5-10(8-11(13)14)12(16)4-3-7-15/h5-6,8-9,12,15-16H,3-4,7H2,1-2H3. The van der Waals surface area contributed by atoms with E-state index in [0.717, 1.165) is 0 Å².